The molecule has 1 fully saturated rings. The Morgan fingerprint density at radius 2 is 2.00 bits per heavy atom. The van der Waals surface area contributed by atoms with Crippen LogP contribution in [0.3, 0.4) is 0 Å². The molecule has 1 saturated heterocycles. The fraction of sp³-hybridized carbons (Fsp3) is 0.923. The number of unbranched alkanes of at least 4 members (excludes halogenated alkanes) is 4. The van der Waals surface area contributed by atoms with Gasteiger partial charge in [-0.1, -0.05) is 32.6 Å². The van der Waals surface area contributed by atoms with E-state index in [-0.39, 0.29) is 5.54 Å². The Morgan fingerprint density at radius 3 is 2.60 bits per heavy atom. The molecular weight excluding hydrogens is 186 g/mol. The van der Waals surface area contributed by atoms with Gasteiger partial charge >= 0.3 is 0 Å². The molecule has 2 nitrogen and oxygen atoms in total. The van der Waals surface area contributed by atoms with E-state index in [2.05, 4.69) is 19.2 Å². The van der Waals surface area contributed by atoms with Crippen molar-refractivity contribution < 1.29 is 4.79 Å². The summed E-state index contributed by atoms with van der Waals surface area (Å²) in [5, 5.41) is 3.34. The van der Waals surface area contributed by atoms with Gasteiger partial charge in [-0.3, -0.25) is 4.79 Å². The van der Waals surface area contributed by atoms with E-state index >= 15 is 0 Å². The van der Waals surface area contributed by atoms with Crippen molar-refractivity contribution in [2.75, 3.05) is 6.54 Å². The quantitative estimate of drug-likeness (QED) is 0.656. The van der Waals surface area contributed by atoms with Crippen molar-refractivity contribution in [2.24, 2.45) is 0 Å². The number of rotatable bonds is 7. The smallest absolute Gasteiger partial charge is 0.152 e. The molecule has 1 atom stereocenters. The molecule has 1 aliphatic rings. The molecule has 0 radical (unpaired) electrons. The van der Waals surface area contributed by atoms with Crippen LogP contribution in [0.15, 0.2) is 0 Å². The standard InChI is InChI=1S/C13H25NO/c1-3-4-5-6-7-9-12(15)13(2)10-8-11-14-13/h14H,3-11H2,1-2H3. The van der Waals surface area contributed by atoms with Crippen LogP contribution in [0.25, 0.3) is 0 Å². The molecule has 0 saturated carbocycles. The van der Waals surface area contributed by atoms with Crippen LogP contribution < -0.4 is 5.32 Å². The molecule has 1 rings (SSSR count). The average Bonchev–Trinajstić information content (AvgIpc) is 2.66. The third-order valence-corrected chi connectivity index (χ3v) is 3.49. The molecule has 1 heterocycles. The maximum absolute atomic E-state index is 11.9. The third-order valence-electron chi connectivity index (χ3n) is 3.49. The highest BCUT2D eigenvalue weighted by molar-refractivity contribution is 5.88. The lowest BCUT2D eigenvalue weighted by Crippen LogP contribution is -2.44. The Bertz CT molecular complexity index is 195. The molecule has 0 aromatic carbocycles. The maximum Gasteiger partial charge on any atom is 0.152 e. The summed E-state index contributed by atoms with van der Waals surface area (Å²) in [6.07, 6.45) is 9.11. The van der Waals surface area contributed by atoms with Crippen LogP contribution in [0, 0.1) is 0 Å². The molecule has 88 valence electrons. The lowest BCUT2D eigenvalue weighted by Gasteiger charge is -2.22. The van der Waals surface area contributed by atoms with E-state index in [0.29, 0.717) is 5.78 Å². The largest absolute Gasteiger partial charge is 0.305 e. The van der Waals surface area contributed by atoms with Crippen LogP contribution in [0.5, 0.6) is 0 Å². The van der Waals surface area contributed by atoms with Crippen LogP contribution in [-0.2, 0) is 4.79 Å². The topological polar surface area (TPSA) is 29.1 Å². The van der Waals surface area contributed by atoms with E-state index in [1.807, 2.05) is 0 Å². The number of hydrogen-bond donors (Lipinski definition) is 1. The highest BCUT2D eigenvalue weighted by atomic mass is 16.1. The predicted octanol–water partition coefficient (Wildman–Crippen LogP) is 3.06. The monoisotopic (exact) mass is 211 g/mol. The number of carbonyl (C=O) groups is 1. The van der Waals surface area contributed by atoms with Crippen molar-refractivity contribution in [3.8, 4) is 0 Å². The molecule has 0 amide bonds. The molecule has 1 aliphatic heterocycles. The maximum atomic E-state index is 11.9. The van der Waals surface area contributed by atoms with E-state index in [1.54, 1.807) is 0 Å². The Hall–Kier alpha value is -0.370. The normalized spacial score (nSPS) is 25.7. The van der Waals surface area contributed by atoms with Gasteiger partial charge in [-0.2, -0.15) is 0 Å². The number of Topliss-reactive ketones (excluding diaryl/α,β-unsaturated/α-hetero) is 1. The van der Waals surface area contributed by atoms with Gasteiger partial charge in [0.2, 0.25) is 0 Å². The van der Waals surface area contributed by atoms with Gasteiger partial charge in [-0.05, 0) is 32.7 Å². The van der Waals surface area contributed by atoms with Crippen LogP contribution >= 0.6 is 0 Å². The first-order chi connectivity index (χ1) is 7.19. The molecule has 1 N–H and O–H groups in total. The fourth-order valence-corrected chi connectivity index (χ4v) is 2.30. The van der Waals surface area contributed by atoms with Crippen molar-refractivity contribution in [3.63, 3.8) is 0 Å². The van der Waals surface area contributed by atoms with Crippen molar-refractivity contribution >= 4 is 5.78 Å². The first-order valence-electron chi connectivity index (χ1n) is 6.47. The Balaban J connectivity index is 2.12. The minimum Gasteiger partial charge on any atom is -0.305 e. The highest BCUT2D eigenvalue weighted by Gasteiger charge is 2.34. The second-order valence-electron chi connectivity index (χ2n) is 4.95. The van der Waals surface area contributed by atoms with Crippen LogP contribution in [0.2, 0.25) is 0 Å². The van der Waals surface area contributed by atoms with Gasteiger partial charge < -0.3 is 5.32 Å². The summed E-state index contributed by atoms with van der Waals surface area (Å²) in [6, 6.07) is 0. The summed E-state index contributed by atoms with van der Waals surface area (Å²) < 4.78 is 0. The van der Waals surface area contributed by atoms with Crippen LogP contribution in [0.1, 0.15) is 65.2 Å². The van der Waals surface area contributed by atoms with E-state index in [9.17, 15) is 4.79 Å². The van der Waals surface area contributed by atoms with Gasteiger partial charge in [0.05, 0.1) is 5.54 Å². The lowest BCUT2D eigenvalue weighted by atomic mass is 9.91. The van der Waals surface area contributed by atoms with Crippen molar-refractivity contribution in [1.29, 1.82) is 0 Å². The zero-order chi connectivity index (χ0) is 11.1. The van der Waals surface area contributed by atoms with Gasteiger partial charge in [0.25, 0.3) is 0 Å². The van der Waals surface area contributed by atoms with Gasteiger partial charge in [0.15, 0.2) is 5.78 Å². The second-order valence-corrected chi connectivity index (χ2v) is 4.95. The number of nitrogens with one attached hydrogen (secondary N) is 1. The summed E-state index contributed by atoms with van der Waals surface area (Å²) in [6.45, 7) is 5.29. The van der Waals surface area contributed by atoms with E-state index in [4.69, 9.17) is 0 Å². The molecule has 0 bridgehead atoms. The van der Waals surface area contributed by atoms with Gasteiger partial charge in [-0.25, -0.2) is 0 Å². The van der Waals surface area contributed by atoms with Crippen molar-refractivity contribution in [3.05, 3.63) is 0 Å². The fourth-order valence-electron chi connectivity index (χ4n) is 2.30. The summed E-state index contributed by atoms with van der Waals surface area (Å²) in [4.78, 5) is 11.9. The molecule has 15 heavy (non-hydrogen) atoms. The van der Waals surface area contributed by atoms with E-state index < -0.39 is 0 Å². The van der Waals surface area contributed by atoms with Crippen molar-refractivity contribution in [1.82, 2.24) is 5.32 Å². The molecule has 0 spiro atoms. The zero-order valence-electron chi connectivity index (χ0n) is 10.3. The second kappa shape index (κ2) is 6.26. The third kappa shape index (κ3) is 3.94. The summed E-state index contributed by atoms with van der Waals surface area (Å²) >= 11 is 0. The van der Waals surface area contributed by atoms with Gasteiger partial charge in [0.1, 0.15) is 0 Å². The summed E-state index contributed by atoms with van der Waals surface area (Å²) in [5.74, 6) is 0.427. The SMILES string of the molecule is CCCCCCCC(=O)C1(C)CCCN1. The molecule has 0 aliphatic carbocycles. The Kier molecular flexibility index (Phi) is 5.30. The highest BCUT2D eigenvalue weighted by Crippen LogP contribution is 2.22. The Labute approximate surface area is 93.8 Å². The molecule has 0 aromatic rings. The minimum absolute atomic E-state index is 0.190. The number of carbonyl (C=O) groups excluding carboxylic acids is 1. The average molecular weight is 211 g/mol. The minimum atomic E-state index is -0.190. The van der Waals surface area contributed by atoms with Crippen LogP contribution in [0.4, 0.5) is 0 Å². The van der Waals surface area contributed by atoms with E-state index in [1.165, 1.54) is 25.7 Å². The summed E-state index contributed by atoms with van der Waals surface area (Å²) in [7, 11) is 0. The number of ketones is 1. The first kappa shape index (κ1) is 12.7. The first-order valence-corrected chi connectivity index (χ1v) is 6.47. The summed E-state index contributed by atoms with van der Waals surface area (Å²) in [5.41, 5.74) is -0.190. The number of hydrogen-bond acceptors (Lipinski definition) is 2. The van der Waals surface area contributed by atoms with Crippen molar-refractivity contribution in [2.45, 2.75) is 70.8 Å². The van der Waals surface area contributed by atoms with Gasteiger partial charge in [0, 0.05) is 6.42 Å². The molecule has 1 unspecified atom stereocenters. The van der Waals surface area contributed by atoms with Gasteiger partial charge in [-0.15, -0.1) is 0 Å². The van der Waals surface area contributed by atoms with Crippen LogP contribution in [-0.4, -0.2) is 17.9 Å². The lowest BCUT2D eigenvalue weighted by molar-refractivity contribution is -0.124. The predicted molar refractivity (Wildman–Crippen MR) is 64.0 cm³/mol. The molecule has 2 heteroatoms. The molecule has 0 aromatic heterocycles. The molecular formula is C13H25NO. The van der Waals surface area contributed by atoms with E-state index in [0.717, 1.165) is 32.2 Å². The Morgan fingerprint density at radius 1 is 1.27 bits per heavy atom. The zero-order valence-corrected chi connectivity index (χ0v) is 10.3.